The third-order valence-corrected chi connectivity index (χ3v) is 4.09. The number of aromatic nitrogens is 2. The van der Waals surface area contributed by atoms with Crippen LogP contribution in [0.1, 0.15) is 54.9 Å². The van der Waals surface area contributed by atoms with Gasteiger partial charge in [0.15, 0.2) is 0 Å². The SMILES string of the molecule is CC(=O)n1c2c(c(=O)n(C3CCCCO3)c1=O)CCC2. The maximum absolute atomic E-state index is 12.5. The summed E-state index contributed by atoms with van der Waals surface area (Å²) in [6.45, 7) is 1.91. The summed E-state index contributed by atoms with van der Waals surface area (Å²) >= 11 is 0. The van der Waals surface area contributed by atoms with Gasteiger partial charge in [0.2, 0.25) is 5.91 Å². The lowest BCUT2D eigenvalue weighted by molar-refractivity contribution is -0.0374. The van der Waals surface area contributed by atoms with Crippen molar-refractivity contribution < 1.29 is 9.53 Å². The fourth-order valence-electron chi connectivity index (χ4n) is 3.17. The molecule has 0 N–H and O–H groups in total. The van der Waals surface area contributed by atoms with Crippen molar-refractivity contribution in [3.8, 4) is 0 Å². The minimum absolute atomic E-state index is 0.271. The predicted molar refractivity (Wildman–Crippen MR) is 72.1 cm³/mol. The van der Waals surface area contributed by atoms with Gasteiger partial charge in [0.25, 0.3) is 5.56 Å². The topological polar surface area (TPSA) is 70.3 Å². The van der Waals surface area contributed by atoms with E-state index >= 15 is 0 Å². The predicted octanol–water partition coefficient (Wildman–Crippen LogP) is 0.858. The van der Waals surface area contributed by atoms with Gasteiger partial charge >= 0.3 is 5.69 Å². The fraction of sp³-hybridized carbons (Fsp3) is 0.643. The Morgan fingerprint density at radius 1 is 1.20 bits per heavy atom. The van der Waals surface area contributed by atoms with E-state index in [0.29, 0.717) is 37.1 Å². The zero-order valence-corrected chi connectivity index (χ0v) is 11.6. The van der Waals surface area contributed by atoms with Crippen LogP contribution in [0.2, 0.25) is 0 Å². The molecule has 0 radical (unpaired) electrons. The molecular formula is C14H18N2O4. The van der Waals surface area contributed by atoms with Crippen LogP contribution in [0.25, 0.3) is 0 Å². The van der Waals surface area contributed by atoms with E-state index in [1.807, 2.05) is 0 Å². The van der Waals surface area contributed by atoms with Crippen LogP contribution in [0.4, 0.5) is 0 Å². The van der Waals surface area contributed by atoms with Crippen molar-refractivity contribution in [3.63, 3.8) is 0 Å². The average molecular weight is 278 g/mol. The van der Waals surface area contributed by atoms with Gasteiger partial charge in [0.1, 0.15) is 6.23 Å². The van der Waals surface area contributed by atoms with Gasteiger partial charge in [-0.1, -0.05) is 0 Å². The van der Waals surface area contributed by atoms with E-state index in [9.17, 15) is 14.4 Å². The summed E-state index contributed by atoms with van der Waals surface area (Å²) in [6.07, 6.45) is 4.05. The van der Waals surface area contributed by atoms with Crippen LogP contribution in [0.5, 0.6) is 0 Å². The van der Waals surface area contributed by atoms with Gasteiger partial charge in [-0.2, -0.15) is 0 Å². The van der Waals surface area contributed by atoms with Gasteiger partial charge in [0, 0.05) is 24.8 Å². The lowest BCUT2D eigenvalue weighted by Gasteiger charge is -2.25. The molecule has 0 amide bonds. The maximum atomic E-state index is 12.5. The molecule has 108 valence electrons. The fourth-order valence-corrected chi connectivity index (χ4v) is 3.17. The molecule has 20 heavy (non-hydrogen) atoms. The molecule has 3 rings (SSSR count). The molecule has 2 heterocycles. The lowest BCUT2D eigenvalue weighted by Crippen LogP contribution is -2.47. The average Bonchev–Trinajstić information content (AvgIpc) is 2.89. The van der Waals surface area contributed by atoms with Gasteiger partial charge < -0.3 is 4.74 Å². The highest BCUT2D eigenvalue weighted by Gasteiger charge is 2.28. The highest BCUT2D eigenvalue weighted by molar-refractivity contribution is 5.77. The van der Waals surface area contributed by atoms with Crippen LogP contribution in [0.3, 0.4) is 0 Å². The van der Waals surface area contributed by atoms with Crippen molar-refractivity contribution in [3.05, 3.63) is 32.1 Å². The zero-order chi connectivity index (χ0) is 14.3. The van der Waals surface area contributed by atoms with Gasteiger partial charge in [-0.05, 0) is 38.5 Å². The molecule has 1 unspecified atom stereocenters. The Morgan fingerprint density at radius 2 is 2.00 bits per heavy atom. The van der Waals surface area contributed by atoms with Crippen molar-refractivity contribution in [1.29, 1.82) is 0 Å². The van der Waals surface area contributed by atoms with Crippen molar-refractivity contribution >= 4 is 5.91 Å². The Morgan fingerprint density at radius 3 is 2.65 bits per heavy atom. The van der Waals surface area contributed by atoms with Crippen LogP contribution in [0, 0.1) is 0 Å². The summed E-state index contributed by atoms with van der Waals surface area (Å²) in [6, 6.07) is 0. The molecule has 0 bridgehead atoms. The Hall–Kier alpha value is -1.69. The third-order valence-electron chi connectivity index (χ3n) is 4.09. The Labute approximate surface area is 116 Å². The highest BCUT2D eigenvalue weighted by atomic mass is 16.5. The van der Waals surface area contributed by atoms with E-state index in [1.54, 1.807) is 0 Å². The molecule has 0 aromatic carbocycles. The van der Waals surface area contributed by atoms with Crippen molar-refractivity contribution in [2.45, 2.75) is 51.7 Å². The first-order chi connectivity index (χ1) is 9.61. The van der Waals surface area contributed by atoms with E-state index in [-0.39, 0.29) is 11.5 Å². The van der Waals surface area contributed by atoms with Gasteiger partial charge in [-0.3, -0.25) is 9.59 Å². The summed E-state index contributed by atoms with van der Waals surface area (Å²) < 4.78 is 7.86. The molecule has 6 heteroatoms. The molecule has 0 saturated carbocycles. The molecule has 1 aromatic rings. The van der Waals surface area contributed by atoms with Crippen molar-refractivity contribution in [1.82, 2.24) is 9.13 Å². The maximum Gasteiger partial charge on any atom is 0.340 e. The molecular weight excluding hydrogens is 260 g/mol. The molecule has 1 fully saturated rings. The monoisotopic (exact) mass is 278 g/mol. The largest absolute Gasteiger partial charge is 0.358 e. The second-order valence-corrected chi connectivity index (χ2v) is 5.41. The first kappa shape index (κ1) is 13.3. The first-order valence-corrected chi connectivity index (χ1v) is 7.13. The normalized spacial score (nSPS) is 21.8. The molecule has 1 aliphatic carbocycles. The van der Waals surface area contributed by atoms with E-state index in [4.69, 9.17) is 4.74 Å². The van der Waals surface area contributed by atoms with Crippen molar-refractivity contribution in [2.75, 3.05) is 6.61 Å². The van der Waals surface area contributed by atoms with Crippen molar-refractivity contribution in [2.24, 2.45) is 0 Å². The molecule has 1 aromatic heterocycles. The van der Waals surface area contributed by atoms with E-state index in [2.05, 4.69) is 0 Å². The summed E-state index contributed by atoms with van der Waals surface area (Å²) in [5.74, 6) is -0.335. The highest BCUT2D eigenvalue weighted by Crippen LogP contribution is 2.22. The number of carbonyl (C=O) groups excluding carboxylic acids is 1. The summed E-state index contributed by atoms with van der Waals surface area (Å²) in [5.41, 5.74) is 0.385. The Balaban J connectivity index is 2.24. The van der Waals surface area contributed by atoms with E-state index in [0.717, 1.165) is 28.4 Å². The van der Waals surface area contributed by atoms with E-state index in [1.165, 1.54) is 6.92 Å². The Bertz CT molecular complexity index is 665. The quantitative estimate of drug-likeness (QED) is 0.764. The lowest BCUT2D eigenvalue weighted by atomic mass is 10.1. The van der Waals surface area contributed by atoms with Gasteiger partial charge in [0.05, 0.1) is 0 Å². The minimum atomic E-state index is -0.546. The summed E-state index contributed by atoms with van der Waals surface area (Å²) in [7, 11) is 0. The number of rotatable bonds is 1. The molecule has 1 saturated heterocycles. The standard InChI is InChI=1S/C14H18N2O4/c1-9(17)15-11-6-4-5-10(11)13(18)16(14(15)19)12-7-2-3-8-20-12/h12H,2-8H2,1H3. The molecule has 1 aliphatic heterocycles. The Kier molecular flexibility index (Phi) is 3.33. The van der Waals surface area contributed by atoms with Crippen LogP contribution in [0.15, 0.2) is 9.59 Å². The number of ether oxygens (including phenoxy) is 1. The van der Waals surface area contributed by atoms with Crippen LogP contribution >= 0.6 is 0 Å². The summed E-state index contributed by atoms with van der Waals surface area (Å²) in [5, 5.41) is 0. The first-order valence-electron chi connectivity index (χ1n) is 7.13. The second kappa shape index (κ2) is 5.01. The number of carbonyl (C=O) groups is 1. The molecule has 0 spiro atoms. The van der Waals surface area contributed by atoms with E-state index < -0.39 is 11.9 Å². The second-order valence-electron chi connectivity index (χ2n) is 5.41. The molecule has 6 nitrogen and oxygen atoms in total. The smallest absolute Gasteiger partial charge is 0.340 e. The van der Waals surface area contributed by atoms with Gasteiger partial charge in [-0.25, -0.2) is 13.9 Å². The zero-order valence-electron chi connectivity index (χ0n) is 11.6. The van der Waals surface area contributed by atoms with Crippen LogP contribution in [-0.2, 0) is 17.6 Å². The number of nitrogens with zero attached hydrogens (tertiary/aromatic N) is 2. The third kappa shape index (κ3) is 1.95. The summed E-state index contributed by atoms with van der Waals surface area (Å²) in [4.78, 5) is 36.8. The minimum Gasteiger partial charge on any atom is -0.358 e. The van der Waals surface area contributed by atoms with Crippen LogP contribution in [-0.4, -0.2) is 21.6 Å². The van der Waals surface area contributed by atoms with Gasteiger partial charge in [-0.15, -0.1) is 0 Å². The molecule has 2 aliphatic rings. The number of hydrogen-bond donors (Lipinski definition) is 0. The number of fused-ring (bicyclic) bond motifs is 1. The number of hydrogen-bond acceptors (Lipinski definition) is 4. The molecule has 1 atom stereocenters. The van der Waals surface area contributed by atoms with Crippen LogP contribution < -0.4 is 11.2 Å².